The maximum atomic E-state index is 5.87. The van der Waals surface area contributed by atoms with Crippen molar-refractivity contribution < 1.29 is 0 Å². The van der Waals surface area contributed by atoms with Crippen LogP contribution < -0.4 is 5.32 Å². The number of alkyl halides is 1. The van der Waals surface area contributed by atoms with Gasteiger partial charge in [-0.15, -0.1) is 23.4 Å². The molecule has 0 aromatic carbocycles. The Hall–Kier alpha value is 0.600. The second-order valence-electron chi connectivity index (χ2n) is 2.29. The van der Waals surface area contributed by atoms with Crippen LogP contribution in [0.2, 0.25) is 0 Å². The third-order valence-electron chi connectivity index (χ3n) is 1.58. The highest BCUT2D eigenvalue weighted by Crippen LogP contribution is 2.20. The molecule has 1 rings (SSSR count). The second-order valence-corrected chi connectivity index (χ2v) is 3.86. The number of thioether (sulfide) groups is 1. The zero-order valence-corrected chi connectivity index (χ0v) is 7.13. The van der Waals surface area contributed by atoms with Crippen molar-refractivity contribution in [3.63, 3.8) is 0 Å². The van der Waals surface area contributed by atoms with Gasteiger partial charge >= 0.3 is 0 Å². The molecule has 1 aliphatic rings. The van der Waals surface area contributed by atoms with E-state index in [1.165, 1.54) is 12.8 Å². The van der Waals surface area contributed by atoms with Crippen LogP contribution >= 0.6 is 23.4 Å². The molecule has 0 spiro atoms. The summed E-state index contributed by atoms with van der Waals surface area (Å²) < 4.78 is 0. The first-order valence-electron chi connectivity index (χ1n) is 3.26. The summed E-state index contributed by atoms with van der Waals surface area (Å²) in [5, 5.41) is 3.89. The fourth-order valence-electron chi connectivity index (χ4n) is 1.04. The molecule has 9 heavy (non-hydrogen) atoms. The van der Waals surface area contributed by atoms with Gasteiger partial charge in [0.1, 0.15) is 0 Å². The standard InChI is InChI=1S/C6H12ClNS/c1-9-6-4-2-3-5(7)8-6/h5-6,8H,2-4H2,1H3. The van der Waals surface area contributed by atoms with Gasteiger partial charge in [-0.1, -0.05) is 0 Å². The highest BCUT2D eigenvalue weighted by molar-refractivity contribution is 7.99. The van der Waals surface area contributed by atoms with Crippen molar-refractivity contribution in [2.75, 3.05) is 6.26 Å². The number of hydrogen-bond acceptors (Lipinski definition) is 2. The number of hydrogen-bond donors (Lipinski definition) is 1. The van der Waals surface area contributed by atoms with Crippen molar-refractivity contribution >= 4 is 23.4 Å². The van der Waals surface area contributed by atoms with E-state index in [-0.39, 0.29) is 5.50 Å². The Bertz CT molecular complexity index is 89.1. The van der Waals surface area contributed by atoms with Crippen molar-refractivity contribution in [3.05, 3.63) is 0 Å². The Balaban J connectivity index is 2.23. The van der Waals surface area contributed by atoms with Crippen LogP contribution in [-0.4, -0.2) is 17.1 Å². The van der Waals surface area contributed by atoms with Gasteiger partial charge in [0.2, 0.25) is 0 Å². The summed E-state index contributed by atoms with van der Waals surface area (Å²) in [4.78, 5) is 0. The van der Waals surface area contributed by atoms with Gasteiger partial charge in [0, 0.05) is 0 Å². The fraction of sp³-hybridized carbons (Fsp3) is 1.00. The molecule has 0 amide bonds. The summed E-state index contributed by atoms with van der Waals surface area (Å²) in [6.45, 7) is 0. The van der Waals surface area contributed by atoms with Crippen LogP contribution in [0.25, 0.3) is 0 Å². The Morgan fingerprint density at radius 2 is 2.33 bits per heavy atom. The highest BCUT2D eigenvalue weighted by atomic mass is 35.5. The zero-order valence-electron chi connectivity index (χ0n) is 5.56. The number of halogens is 1. The Labute approximate surface area is 65.5 Å². The lowest BCUT2D eigenvalue weighted by molar-refractivity contribution is 0.460. The van der Waals surface area contributed by atoms with E-state index < -0.39 is 0 Å². The maximum Gasteiger partial charge on any atom is 0.0833 e. The molecule has 2 unspecified atom stereocenters. The number of nitrogens with one attached hydrogen (secondary N) is 1. The average molecular weight is 166 g/mol. The molecule has 1 fully saturated rings. The topological polar surface area (TPSA) is 12.0 Å². The van der Waals surface area contributed by atoms with Gasteiger partial charge in [0.25, 0.3) is 0 Å². The van der Waals surface area contributed by atoms with E-state index in [1.54, 1.807) is 0 Å². The molecule has 3 heteroatoms. The fourth-order valence-corrected chi connectivity index (χ4v) is 2.12. The van der Waals surface area contributed by atoms with Gasteiger partial charge in [-0.3, -0.25) is 5.32 Å². The van der Waals surface area contributed by atoms with E-state index in [0.29, 0.717) is 5.37 Å². The molecule has 1 N–H and O–H groups in total. The van der Waals surface area contributed by atoms with Crippen molar-refractivity contribution in [1.82, 2.24) is 5.32 Å². The lowest BCUT2D eigenvalue weighted by atomic mass is 10.2. The third kappa shape index (κ3) is 2.36. The Morgan fingerprint density at radius 1 is 1.56 bits per heavy atom. The predicted molar refractivity (Wildman–Crippen MR) is 43.9 cm³/mol. The minimum Gasteiger partial charge on any atom is -0.290 e. The van der Waals surface area contributed by atoms with Crippen LogP contribution in [-0.2, 0) is 0 Å². The smallest absolute Gasteiger partial charge is 0.0833 e. The first-order valence-corrected chi connectivity index (χ1v) is 4.98. The molecule has 0 saturated carbocycles. The van der Waals surface area contributed by atoms with E-state index in [1.807, 2.05) is 11.8 Å². The first kappa shape index (κ1) is 7.70. The van der Waals surface area contributed by atoms with Crippen molar-refractivity contribution in [2.45, 2.75) is 30.1 Å². The molecule has 1 nitrogen and oxygen atoms in total. The quantitative estimate of drug-likeness (QED) is 0.472. The lowest BCUT2D eigenvalue weighted by Crippen LogP contribution is -2.36. The van der Waals surface area contributed by atoms with E-state index in [2.05, 4.69) is 11.6 Å². The van der Waals surface area contributed by atoms with Crippen molar-refractivity contribution in [2.24, 2.45) is 0 Å². The molecule has 0 aromatic rings. The van der Waals surface area contributed by atoms with Gasteiger partial charge in [-0.25, -0.2) is 0 Å². The van der Waals surface area contributed by atoms with Crippen molar-refractivity contribution in [3.8, 4) is 0 Å². The van der Waals surface area contributed by atoms with Gasteiger partial charge in [0.15, 0.2) is 0 Å². The van der Waals surface area contributed by atoms with Crippen LogP contribution in [0.15, 0.2) is 0 Å². The molecule has 1 aliphatic heterocycles. The van der Waals surface area contributed by atoms with E-state index in [4.69, 9.17) is 11.6 Å². The monoisotopic (exact) mass is 165 g/mol. The molecule has 0 radical (unpaired) electrons. The minimum absolute atomic E-state index is 0.219. The first-order chi connectivity index (χ1) is 4.33. The van der Waals surface area contributed by atoms with Gasteiger partial charge in [-0.2, -0.15) is 0 Å². The number of piperidine rings is 1. The van der Waals surface area contributed by atoms with Crippen LogP contribution in [0.5, 0.6) is 0 Å². The summed E-state index contributed by atoms with van der Waals surface area (Å²) in [6, 6.07) is 0. The SMILES string of the molecule is CSC1CCCC(Cl)N1. The average Bonchev–Trinajstić information content (AvgIpc) is 1.88. The van der Waals surface area contributed by atoms with Crippen LogP contribution in [0.4, 0.5) is 0 Å². The summed E-state index contributed by atoms with van der Waals surface area (Å²) in [7, 11) is 0. The highest BCUT2D eigenvalue weighted by Gasteiger charge is 2.16. The summed E-state index contributed by atoms with van der Waals surface area (Å²) in [5.41, 5.74) is 0.219. The third-order valence-corrected chi connectivity index (χ3v) is 2.86. The molecular formula is C6H12ClNS. The van der Waals surface area contributed by atoms with E-state index in [9.17, 15) is 0 Å². The van der Waals surface area contributed by atoms with Gasteiger partial charge < -0.3 is 0 Å². The van der Waals surface area contributed by atoms with Crippen molar-refractivity contribution in [1.29, 1.82) is 0 Å². The Kier molecular flexibility index (Phi) is 3.16. The van der Waals surface area contributed by atoms with Crippen LogP contribution in [0.3, 0.4) is 0 Å². The van der Waals surface area contributed by atoms with E-state index >= 15 is 0 Å². The van der Waals surface area contributed by atoms with Gasteiger partial charge in [0.05, 0.1) is 10.9 Å². The summed E-state index contributed by atoms with van der Waals surface area (Å²) >= 11 is 7.72. The molecule has 0 bridgehead atoms. The summed E-state index contributed by atoms with van der Waals surface area (Å²) in [5.74, 6) is 0. The zero-order chi connectivity index (χ0) is 6.69. The maximum absolute atomic E-state index is 5.87. The van der Waals surface area contributed by atoms with Crippen LogP contribution in [0, 0.1) is 0 Å². The van der Waals surface area contributed by atoms with Crippen LogP contribution in [0.1, 0.15) is 19.3 Å². The molecule has 54 valence electrons. The second kappa shape index (κ2) is 3.69. The molecule has 1 heterocycles. The molecule has 1 saturated heterocycles. The number of rotatable bonds is 1. The molecule has 2 atom stereocenters. The lowest BCUT2D eigenvalue weighted by Gasteiger charge is -2.25. The largest absolute Gasteiger partial charge is 0.290 e. The van der Waals surface area contributed by atoms with Gasteiger partial charge in [-0.05, 0) is 25.5 Å². The molecule has 0 aliphatic carbocycles. The molecule has 0 aromatic heterocycles. The molecular weight excluding hydrogens is 154 g/mol. The Morgan fingerprint density at radius 3 is 2.78 bits per heavy atom. The minimum atomic E-state index is 0.219. The predicted octanol–water partition coefficient (Wildman–Crippen LogP) is 2.01. The van der Waals surface area contributed by atoms with E-state index in [0.717, 1.165) is 6.42 Å². The normalized spacial score (nSPS) is 36.7. The summed E-state index contributed by atoms with van der Waals surface area (Å²) in [6.07, 6.45) is 5.78.